The average Bonchev–Trinajstić information content (AvgIpc) is 2.74. The van der Waals surface area contributed by atoms with Gasteiger partial charge in [0.15, 0.2) is 0 Å². The molecule has 0 unspecified atom stereocenters. The third-order valence-corrected chi connectivity index (χ3v) is 5.91. The highest BCUT2D eigenvalue weighted by molar-refractivity contribution is 7.89. The first-order valence-electron chi connectivity index (χ1n) is 9.65. The van der Waals surface area contributed by atoms with Gasteiger partial charge in [0.05, 0.1) is 4.90 Å². The van der Waals surface area contributed by atoms with E-state index in [4.69, 9.17) is 0 Å². The predicted octanol–water partition coefficient (Wildman–Crippen LogP) is 3.88. The topological polar surface area (TPSA) is 104 Å². The molecule has 160 valence electrons. The van der Waals surface area contributed by atoms with Crippen molar-refractivity contribution >= 4 is 33.2 Å². The number of anilines is 2. The van der Waals surface area contributed by atoms with Gasteiger partial charge in [-0.2, -0.15) is 0 Å². The fraction of sp³-hybridized carbons (Fsp3) is 0.130. The molecule has 0 aromatic heterocycles. The second kappa shape index (κ2) is 9.55. The third kappa shape index (κ3) is 6.00. The van der Waals surface area contributed by atoms with Crippen molar-refractivity contribution in [2.75, 3.05) is 10.6 Å². The minimum Gasteiger partial charge on any atom is -0.322 e. The molecule has 0 saturated carbocycles. The summed E-state index contributed by atoms with van der Waals surface area (Å²) in [6, 6.07) is 21.0. The Morgan fingerprint density at radius 3 is 1.74 bits per heavy atom. The molecule has 0 radical (unpaired) electrons. The molecule has 3 rings (SSSR count). The molecule has 0 bridgehead atoms. The van der Waals surface area contributed by atoms with Gasteiger partial charge in [0.1, 0.15) is 0 Å². The summed E-state index contributed by atoms with van der Waals surface area (Å²) in [5.41, 5.74) is 1.86. The molecule has 0 aliphatic heterocycles. The summed E-state index contributed by atoms with van der Waals surface area (Å²) in [6.45, 7) is 3.46. The number of nitrogens with one attached hydrogen (secondary N) is 3. The number of benzene rings is 3. The van der Waals surface area contributed by atoms with Crippen molar-refractivity contribution in [2.24, 2.45) is 0 Å². The fourth-order valence-corrected chi connectivity index (χ4v) is 4.09. The predicted molar refractivity (Wildman–Crippen MR) is 121 cm³/mol. The standard InChI is InChI=1S/C23H23N3O4S/c1-16(2)26-31(29,30)21-13-11-18(12-14-21)23(28)25-20-10-6-9-19(15-20)24-22(27)17-7-4-3-5-8-17/h3-16,26H,1-2H3,(H,24,27)(H,25,28). The van der Waals surface area contributed by atoms with E-state index >= 15 is 0 Å². The Morgan fingerprint density at radius 2 is 1.23 bits per heavy atom. The molecule has 3 N–H and O–H groups in total. The minimum absolute atomic E-state index is 0.0865. The van der Waals surface area contributed by atoms with Crippen LogP contribution in [0.1, 0.15) is 34.6 Å². The van der Waals surface area contributed by atoms with E-state index in [0.29, 0.717) is 22.5 Å². The van der Waals surface area contributed by atoms with Gasteiger partial charge in [-0.25, -0.2) is 13.1 Å². The van der Waals surface area contributed by atoms with Crippen LogP contribution >= 0.6 is 0 Å². The molecule has 3 aromatic rings. The van der Waals surface area contributed by atoms with E-state index in [1.165, 1.54) is 24.3 Å². The van der Waals surface area contributed by atoms with Crippen LogP contribution in [0.4, 0.5) is 11.4 Å². The van der Waals surface area contributed by atoms with Crippen LogP contribution in [0, 0.1) is 0 Å². The summed E-state index contributed by atoms with van der Waals surface area (Å²) in [6.07, 6.45) is 0. The van der Waals surface area contributed by atoms with Gasteiger partial charge >= 0.3 is 0 Å². The van der Waals surface area contributed by atoms with Crippen molar-refractivity contribution in [3.8, 4) is 0 Å². The second-order valence-corrected chi connectivity index (χ2v) is 8.87. The Labute approximate surface area is 181 Å². The van der Waals surface area contributed by atoms with E-state index in [9.17, 15) is 18.0 Å². The number of carbonyl (C=O) groups is 2. The van der Waals surface area contributed by atoms with E-state index in [-0.39, 0.29) is 16.8 Å². The van der Waals surface area contributed by atoms with E-state index in [1.54, 1.807) is 62.4 Å². The maximum Gasteiger partial charge on any atom is 0.255 e. The third-order valence-electron chi connectivity index (χ3n) is 4.23. The van der Waals surface area contributed by atoms with Gasteiger partial charge in [0.2, 0.25) is 10.0 Å². The number of rotatable bonds is 7. The average molecular weight is 438 g/mol. The van der Waals surface area contributed by atoms with E-state index < -0.39 is 15.9 Å². The van der Waals surface area contributed by atoms with Gasteiger partial charge in [0, 0.05) is 28.5 Å². The summed E-state index contributed by atoms with van der Waals surface area (Å²) in [7, 11) is -3.62. The first kappa shape index (κ1) is 22.2. The fourth-order valence-electron chi connectivity index (χ4n) is 2.83. The second-order valence-electron chi connectivity index (χ2n) is 7.16. The number of amides is 2. The van der Waals surface area contributed by atoms with Gasteiger partial charge in [-0.05, 0) is 68.4 Å². The normalized spacial score (nSPS) is 11.2. The molecule has 0 saturated heterocycles. The molecule has 7 nitrogen and oxygen atoms in total. The van der Waals surface area contributed by atoms with Crippen molar-refractivity contribution < 1.29 is 18.0 Å². The lowest BCUT2D eigenvalue weighted by atomic mass is 10.2. The summed E-state index contributed by atoms with van der Waals surface area (Å²) in [5, 5.41) is 5.53. The molecule has 2 amide bonds. The van der Waals surface area contributed by atoms with Crippen LogP contribution in [0.5, 0.6) is 0 Å². The lowest BCUT2D eigenvalue weighted by molar-refractivity contribution is 0.101. The molecular weight excluding hydrogens is 414 g/mol. The van der Waals surface area contributed by atoms with Crippen LogP contribution in [-0.4, -0.2) is 26.3 Å². The number of hydrogen-bond acceptors (Lipinski definition) is 4. The largest absolute Gasteiger partial charge is 0.322 e. The quantitative estimate of drug-likeness (QED) is 0.522. The summed E-state index contributed by atoms with van der Waals surface area (Å²) >= 11 is 0. The van der Waals surface area contributed by atoms with E-state index in [1.807, 2.05) is 6.07 Å². The van der Waals surface area contributed by atoms with Crippen molar-refractivity contribution in [1.29, 1.82) is 0 Å². The Balaban J connectivity index is 1.68. The van der Waals surface area contributed by atoms with Crippen LogP contribution in [0.25, 0.3) is 0 Å². The number of hydrogen-bond donors (Lipinski definition) is 3. The van der Waals surface area contributed by atoms with Gasteiger partial charge < -0.3 is 10.6 Å². The summed E-state index contributed by atoms with van der Waals surface area (Å²) in [4.78, 5) is 24.9. The van der Waals surface area contributed by atoms with Crippen LogP contribution in [0.15, 0.2) is 83.8 Å². The van der Waals surface area contributed by atoms with Gasteiger partial charge in [-0.3, -0.25) is 9.59 Å². The van der Waals surface area contributed by atoms with Gasteiger partial charge in [0.25, 0.3) is 11.8 Å². The smallest absolute Gasteiger partial charge is 0.255 e. The molecule has 0 heterocycles. The lowest BCUT2D eigenvalue weighted by Crippen LogP contribution is -2.30. The molecule has 3 aromatic carbocycles. The molecule has 0 fully saturated rings. The molecule has 0 aliphatic rings. The first-order chi connectivity index (χ1) is 14.7. The molecule has 31 heavy (non-hydrogen) atoms. The zero-order valence-corrected chi connectivity index (χ0v) is 17.9. The highest BCUT2D eigenvalue weighted by Crippen LogP contribution is 2.18. The van der Waals surface area contributed by atoms with Gasteiger partial charge in [-0.15, -0.1) is 0 Å². The Hall–Kier alpha value is -3.49. The van der Waals surface area contributed by atoms with E-state index in [0.717, 1.165) is 0 Å². The molecule has 0 aliphatic carbocycles. The Kier molecular flexibility index (Phi) is 6.84. The minimum atomic E-state index is -3.62. The van der Waals surface area contributed by atoms with E-state index in [2.05, 4.69) is 15.4 Å². The summed E-state index contributed by atoms with van der Waals surface area (Å²) in [5.74, 6) is -0.650. The molecule has 0 atom stereocenters. The van der Waals surface area contributed by atoms with Crippen LogP contribution < -0.4 is 15.4 Å². The lowest BCUT2D eigenvalue weighted by Gasteiger charge is -2.11. The SMILES string of the molecule is CC(C)NS(=O)(=O)c1ccc(C(=O)Nc2cccc(NC(=O)c3ccccc3)c2)cc1. The first-order valence-corrected chi connectivity index (χ1v) is 11.1. The Bertz CT molecular complexity index is 1170. The van der Waals surface area contributed by atoms with Crippen LogP contribution in [0.3, 0.4) is 0 Å². The van der Waals surface area contributed by atoms with Crippen LogP contribution in [0.2, 0.25) is 0 Å². The highest BCUT2D eigenvalue weighted by atomic mass is 32.2. The number of sulfonamides is 1. The maximum absolute atomic E-state index is 12.5. The zero-order valence-electron chi connectivity index (χ0n) is 17.1. The van der Waals surface area contributed by atoms with Crippen LogP contribution in [-0.2, 0) is 10.0 Å². The number of carbonyl (C=O) groups excluding carboxylic acids is 2. The highest BCUT2D eigenvalue weighted by Gasteiger charge is 2.16. The van der Waals surface area contributed by atoms with Gasteiger partial charge in [-0.1, -0.05) is 24.3 Å². The summed E-state index contributed by atoms with van der Waals surface area (Å²) < 4.78 is 26.9. The van der Waals surface area contributed by atoms with Crippen molar-refractivity contribution in [1.82, 2.24) is 4.72 Å². The Morgan fingerprint density at radius 1 is 0.710 bits per heavy atom. The zero-order chi connectivity index (χ0) is 22.4. The molecular formula is C23H23N3O4S. The molecule has 8 heteroatoms. The van der Waals surface area contributed by atoms with Crippen molar-refractivity contribution in [2.45, 2.75) is 24.8 Å². The monoisotopic (exact) mass is 437 g/mol. The van der Waals surface area contributed by atoms with Crippen molar-refractivity contribution in [3.63, 3.8) is 0 Å². The molecule has 0 spiro atoms. The maximum atomic E-state index is 12.5. The van der Waals surface area contributed by atoms with Crippen molar-refractivity contribution in [3.05, 3.63) is 90.0 Å².